The average Bonchev–Trinajstić information content (AvgIpc) is 2.41. The Labute approximate surface area is 124 Å². The van der Waals surface area contributed by atoms with Gasteiger partial charge in [-0.25, -0.2) is 9.37 Å². The second kappa shape index (κ2) is 6.08. The summed E-state index contributed by atoms with van der Waals surface area (Å²) in [6, 6.07) is 1.21. The van der Waals surface area contributed by atoms with Crippen LogP contribution in [0.2, 0.25) is 0 Å². The van der Waals surface area contributed by atoms with Crippen LogP contribution < -0.4 is 5.32 Å². The normalized spacial score (nSPS) is 22.9. The largest absolute Gasteiger partial charge is 0.349 e. The van der Waals surface area contributed by atoms with E-state index >= 15 is 0 Å². The third kappa shape index (κ3) is 3.57. The minimum Gasteiger partial charge on any atom is -0.349 e. The van der Waals surface area contributed by atoms with E-state index in [1.807, 2.05) is 0 Å². The molecule has 0 saturated heterocycles. The number of amides is 1. The van der Waals surface area contributed by atoms with Crippen LogP contribution in [0, 0.1) is 23.1 Å². The summed E-state index contributed by atoms with van der Waals surface area (Å²) in [7, 11) is 0. The summed E-state index contributed by atoms with van der Waals surface area (Å²) in [5.41, 5.74) is -0.207. The number of nitrogens with one attached hydrogen (secondary N) is 1. The second-order valence-corrected chi connectivity index (χ2v) is 6.80. The van der Waals surface area contributed by atoms with Crippen LogP contribution in [0.1, 0.15) is 56.8 Å². The van der Waals surface area contributed by atoms with E-state index in [9.17, 15) is 13.6 Å². The third-order valence-electron chi connectivity index (χ3n) is 4.29. The zero-order valence-electron chi connectivity index (χ0n) is 12.7. The fourth-order valence-corrected chi connectivity index (χ4v) is 3.18. The molecule has 2 rings (SSSR count). The van der Waals surface area contributed by atoms with Crippen LogP contribution in [-0.4, -0.2) is 16.9 Å². The van der Waals surface area contributed by atoms with Crippen molar-refractivity contribution in [1.82, 2.24) is 10.3 Å². The maximum atomic E-state index is 13.6. The first-order valence-corrected chi connectivity index (χ1v) is 7.41. The summed E-state index contributed by atoms with van der Waals surface area (Å²) in [6.45, 7) is 6.44. The highest BCUT2D eigenvalue weighted by Gasteiger charge is 2.35. The highest BCUT2D eigenvalue weighted by molar-refractivity contribution is 5.94. The van der Waals surface area contributed by atoms with Gasteiger partial charge < -0.3 is 5.32 Å². The van der Waals surface area contributed by atoms with E-state index in [0.717, 1.165) is 31.9 Å². The molecule has 2 atom stereocenters. The summed E-state index contributed by atoms with van der Waals surface area (Å²) in [5, 5.41) is 2.89. The lowest BCUT2D eigenvalue weighted by Crippen LogP contribution is -2.46. The number of hydrogen-bond acceptors (Lipinski definition) is 2. The van der Waals surface area contributed by atoms with Crippen molar-refractivity contribution >= 4 is 5.91 Å². The number of aromatic nitrogens is 1. The lowest BCUT2D eigenvalue weighted by atomic mass is 9.69. The molecule has 1 heterocycles. The highest BCUT2D eigenvalue weighted by Crippen LogP contribution is 2.38. The van der Waals surface area contributed by atoms with Crippen molar-refractivity contribution in [2.75, 3.05) is 0 Å². The molecule has 0 aliphatic heterocycles. The number of rotatable bonds is 2. The first-order valence-electron chi connectivity index (χ1n) is 7.41. The van der Waals surface area contributed by atoms with Crippen molar-refractivity contribution < 1.29 is 13.6 Å². The predicted octanol–water partition coefficient (Wildman–Crippen LogP) is 3.69. The van der Waals surface area contributed by atoms with Gasteiger partial charge in [0.05, 0.1) is 5.56 Å². The standard InChI is InChI=1S/C16H22F2N2O/c1-16(2,3)11-6-4-5-7-12(11)20-15(21)10-8-9-19-14(18)13(10)17/h8-9,11-12H,4-7H2,1-3H3,(H,20,21). The quantitative estimate of drug-likeness (QED) is 0.846. The van der Waals surface area contributed by atoms with Crippen molar-refractivity contribution in [3.05, 3.63) is 29.6 Å². The van der Waals surface area contributed by atoms with Crippen molar-refractivity contribution in [3.63, 3.8) is 0 Å². The number of carbonyl (C=O) groups is 1. The molecule has 21 heavy (non-hydrogen) atoms. The van der Waals surface area contributed by atoms with Gasteiger partial charge in [-0.05, 0) is 30.2 Å². The number of nitrogens with zero attached hydrogens (tertiary/aromatic N) is 1. The van der Waals surface area contributed by atoms with Crippen LogP contribution in [0.4, 0.5) is 8.78 Å². The Morgan fingerprint density at radius 2 is 1.95 bits per heavy atom. The first-order chi connectivity index (χ1) is 9.80. The molecule has 0 bridgehead atoms. The molecule has 1 aromatic rings. The molecule has 1 aromatic heterocycles. The molecule has 1 amide bonds. The Kier molecular flexibility index (Phi) is 4.59. The van der Waals surface area contributed by atoms with Crippen molar-refractivity contribution in [3.8, 4) is 0 Å². The average molecular weight is 296 g/mol. The number of halogens is 2. The van der Waals surface area contributed by atoms with Gasteiger partial charge in [-0.3, -0.25) is 4.79 Å². The highest BCUT2D eigenvalue weighted by atomic mass is 19.2. The molecule has 5 heteroatoms. The zero-order chi connectivity index (χ0) is 15.6. The number of pyridine rings is 1. The first kappa shape index (κ1) is 15.9. The van der Waals surface area contributed by atoms with Crippen molar-refractivity contribution in [1.29, 1.82) is 0 Å². The zero-order valence-corrected chi connectivity index (χ0v) is 12.7. The van der Waals surface area contributed by atoms with Crippen LogP contribution in [0.3, 0.4) is 0 Å². The van der Waals surface area contributed by atoms with Gasteiger partial charge in [-0.15, -0.1) is 0 Å². The van der Waals surface area contributed by atoms with E-state index in [1.54, 1.807) is 0 Å². The van der Waals surface area contributed by atoms with Gasteiger partial charge in [0.2, 0.25) is 5.95 Å². The van der Waals surface area contributed by atoms with Gasteiger partial charge in [0.1, 0.15) is 0 Å². The lowest BCUT2D eigenvalue weighted by molar-refractivity contribution is 0.0825. The second-order valence-electron chi connectivity index (χ2n) is 6.80. The number of carbonyl (C=O) groups excluding carboxylic acids is 1. The SMILES string of the molecule is CC(C)(C)C1CCCCC1NC(=O)c1ccnc(F)c1F. The molecule has 3 nitrogen and oxygen atoms in total. The van der Waals surface area contributed by atoms with E-state index in [2.05, 4.69) is 31.1 Å². The van der Waals surface area contributed by atoms with Crippen LogP contribution in [0.15, 0.2) is 12.3 Å². The van der Waals surface area contributed by atoms with Gasteiger partial charge in [-0.2, -0.15) is 4.39 Å². The fraction of sp³-hybridized carbons (Fsp3) is 0.625. The van der Waals surface area contributed by atoms with Gasteiger partial charge in [-0.1, -0.05) is 33.6 Å². The number of hydrogen-bond donors (Lipinski definition) is 1. The third-order valence-corrected chi connectivity index (χ3v) is 4.29. The van der Waals surface area contributed by atoms with Gasteiger partial charge in [0, 0.05) is 12.2 Å². The predicted molar refractivity (Wildman–Crippen MR) is 76.8 cm³/mol. The van der Waals surface area contributed by atoms with Crippen molar-refractivity contribution in [2.24, 2.45) is 11.3 Å². The molecule has 1 N–H and O–H groups in total. The van der Waals surface area contributed by atoms with Crippen LogP contribution in [-0.2, 0) is 0 Å². The molecule has 0 aromatic carbocycles. The van der Waals surface area contributed by atoms with E-state index in [0.29, 0.717) is 5.92 Å². The molecule has 116 valence electrons. The van der Waals surface area contributed by atoms with Crippen LogP contribution in [0.5, 0.6) is 0 Å². The summed E-state index contributed by atoms with van der Waals surface area (Å²) < 4.78 is 26.8. The Morgan fingerprint density at radius 1 is 1.29 bits per heavy atom. The molecule has 1 aliphatic rings. The maximum Gasteiger partial charge on any atom is 0.254 e. The van der Waals surface area contributed by atoms with Crippen LogP contribution in [0.25, 0.3) is 0 Å². The summed E-state index contributed by atoms with van der Waals surface area (Å²) >= 11 is 0. The molecule has 1 fully saturated rings. The minimum atomic E-state index is -1.24. The maximum absolute atomic E-state index is 13.6. The fourth-order valence-electron chi connectivity index (χ4n) is 3.18. The molecule has 0 spiro atoms. The summed E-state index contributed by atoms with van der Waals surface area (Å²) in [5.74, 6) is -2.64. The molecule has 1 aliphatic carbocycles. The van der Waals surface area contributed by atoms with Crippen molar-refractivity contribution in [2.45, 2.75) is 52.5 Å². The van der Waals surface area contributed by atoms with E-state index in [4.69, 9.17) is 0 Å². The molecule has 0 radical (unpaired) electrons. The van der Waals surface area contributed by atoms with Gasteiger partial charge >= 0.3 is 0 Å². The van der Waals surface area contributed by atoms with Gasteiger partial charge in [0.15, 0.2) is 5.82 Å². The van der Waals surface area contributed by atoms with Gasteiger partial charge in [0.25, 0.3) is 5.91 Å². The Morgan fingerprint density at radius 3 is 2.62 bits per heavy atom. The van der Waals surface area contributed by atoms with E-state index < -0.39 is 17.7 Å². The Balaban J connectivity index is 2.15. The smallest absolute Gasteiger partial charge is 0.254 e. The van der Waals surface area contributed by atoms with E-state index in [1.165, 1.54) is 6.07 Å². The Bertz CT molecular complexity index is 525. The minimum absolute atomic E-state index is 0.00174. The molecule has 1 saturated carbocycles. The molecular weight excluding hydrogens is 274 g/mol. The summed E-state index contributed by atoms with van der Waals surface area (Å²) in [4.78, 5) is 15.4. The molecule has 2 unspecified atom stereocenters. The topological polar surface area (TPSA) is 42.0 Å². The monoisotopic (exact) mass is 296 g/mol. The van der Waals surface area contributed by atoms with E-state index in [-0.39, 0.29) is 17.0 Å². The van der Waals surface area contributed by atoms with Crippen LogP contribution >= 0.6 is 0 Å². The summed E-state index contributed by atoms with van der Waals surface area (Å²) in [6.07, 6.45) is 5.22. The Hall–Kier alpha value is -1.52. The molecular formula is C16H22F2N2O. The lowest BCUT2D eigenvalue weighted by Gasteiger charge is -2.40.